The van der Waals surface area contributed by atoms with Gasteiger partial charge in [-0.1, -0.05) is 17.9 Å². The molecule has 4 rings (SSSR count). The van der Waals surface area contributed by atoms with Gasteiger partial charge >= 0.3 is 0 Å². The van der Waals surface area contributed by atoms with E-state index in [1.165, 1.54) is 36.6 Å². The van der Waals surface area contributed by atoms with E-state index in [1.807, 2.05) is 0 Å². The number of fused-ring (bicyclic) bond motifs is 1. The number of phenols is 1. The highest BCUT2D eigenvalue weighted by atomic mass is 16.7. The number of ether oxygens (including phenoxy) is 2. The van der Waals surface area contributed by atoms with E-state index in [-0.39, 0.29) is 28.0 Å². The average molecular weight is 431 g/mol. The highest BCUT2D eigenvalue weighted by molar-refractivity contribution is 5.87. The molecule has 0 unspecified atom stereocenters. The molecule has 0 radical (unpaired) electrons. The van der Waals surface area contributed by atoms with Gasteiger partial charge in [0.15, 0.2) is 5.43 Å². The Morgan fingerprint density at radius 1 is 1.03 bits per heavy atom. The molecule has 0 spiro atoms. The van der Waals surface area contributed by atoms with Gasteiger partial charge in [0, 0.05) is 6.07 Å². The minimum absolute atomic E-state index is 0.0217. The van der Waals surface area contributed by atoms with Gasteiger partial charge in [-0.05, 0) is 23.8 Å². The molecule has 0 amide bonds. The van der Waals surface area contributed by atoms with Crippen LogP contribution in [0.2, 0.25) is 0 Å². The van der Waals surface area contributed by atoms with E-state index >= 15 is 0 Å². The summed E-state index contributed by atoms with van der Waals surface area (Å²) >= 11 is 0. The van der Waals surface area contributed by atoms with Crippen LogP contribution in [0.4, 0.5) is 0 Å². The Balaban J connectivity index is 1.68. The molecule has 0 aliphatic carbocycles. The summed E-state index contributed by atoms with van der Waals surface area (Å²) in [5.41, 5.74) is -0.0577. The van der Waals surface area contributed by atoms with Crippen molar-refractivity contribution in [3.05, 3.63) is 52.9 Å². The van der Waals surface area contributed by atoms with E-state index in [0.29, 0.717) is 5.56 Å². The lowest BCUT2D eigenvalue weighted by atomic mass is 9.99. The Kier molecular flexibility index (Phi) is 5.56. The van der Waals surface area contributed by atoms with Crippen LogP contribution >= 0.6 is 0 Å². The van der Waals surface area contributed by atoms with Gasteiger partial charge in [-0.2, -0.15) is 0 Å². The molecule has 0 saturated carbocycles. The number of benzene rings is 2. The largest absolute Gasteiger partial charge is 0.872 e. The number of phenolic OH excluding ortho intramolecular Hbond substituents is 1. The normalized spacial score (nSPS) is 26.1. The van der Waals surface area contributed by atoms with Crippen LogP contribution in [0, 0.1) is 0 Å². The van der Waals surface area contributed by atoms with Crippen LogP contribution in [-0.4, -0.2) is 62.8 Å². The van der Waals surface area contributed by atoms with Gasteiger partial charge in [0.1, 0.15) is 47.8 Å². The fourth-order valence-electron chi connectivity index (χ4n) is 3.40. The van der Waals surface area contributed by atoms with Gasteiger partial charge in [0.25, 0.3) is 0 Å². The van der Waals surface area contributed by atoms with E-state index in [1.54, 1.807) is 0 Å². The molecule has 1 saturated heterocycles. The summed E-state index contributed by atoms with van der Waals surface area (Å²) in [4.78, 5) is 12.8. The monoisotopic (exact) mass is 431 g/mol. The van der Waals surface area contributed by atoms with Crippen molar-refractivity contribution in [1.82, 2.24) is 0 Å². The molecule has 10 nitrogen and oxygen atoms in total. The highest BCUT2D eigenvalue weighted by Crippen LogP contribution is 2.31. The summed E-state index contributed by atoms with van der Waals surface area (Å²) in [6.07, 6.45) is -6.35. The quantitative estimate of drug-likeness (QED) is 0.360. The zero-order valence-corrected chi connectivity index (χ0v) is 15.9. The van der Waals surface area contributed by atoms with Crippen LogP contribution in [0.3, 0.4) is 0 Å². The van der Waals surface area contributed by atoms with Crippen molar-refractivity contribution in [3.63, 3.8) is 0 Å². The van der Waals surface area contributed by atoms with Gasteiger partial charge in [0.2, 0.25) is 6.29 Å². The third-order valence-corrected chi connectivity index (χ3v) is 5.09. The maximum Gasteiger partial charge on any atom is 0.229 e. The zero-order chi connectivity index (χ0) is 22.3. The lowest BCUT2D eigenvalue weighted by molar-refractivity contribution is -0.278. The molecule has 3 aromatic rings. The predicted octanol–water partition coefficient (Wildman–Crippen LogP) is -0.582. The minimum atomic E-state index is -1.66. The molecule has 164 valence electrons. The molecular formula is C21H19O10-. The molecule has 1 aromatic heterocycles. The summed E-state index contributed by atoms with van der Waals surface area (Å²) in [7, 11) is 0. The first-order valence-electron chi connectivity index (χ1n) is 9.33. The summed E-state index contributed by atoms with van der Waals surface area (Å²) in [6, 6.07) is 8.06. The third-order valence-electron chi connectivity index (χ3n) is 5.09. The van der Waals surface area contributed by atoms with Crippen molar-refractivity contribution in [1.29, 1.82) is 0 Å². The van der Waals surface area contributed by atoms with Crippen LogP contribution in [0.25, 0.3) is 22.1 Å². The van der Waals surface area contributed by atoms with Crippen molar-refractivity contribution in [2.24, 2.45) is 0 Å². The molecule has 10 heteroatoms. The molecular weight excluding hydrogens is 412 g/mol. The van der Waals surface area contributed by atoms with Gasteiger partial charge in [-0.25, -0.2) is 0 Å². The smallest absolute Gasteiger partial charge is 0.229 e. The summed E-state index contributed by atoms with van der Waals surface area (Å²) < 4.78 is 16.1. The molecule has 5 atom stereocenters. The zero-order valence-electron chi connectivity index (χ0n) is 15.9. The maximum atomic E-state index is 12.8. The van der Waals surface area contributed by atoms with Crippen LogP contribution in [0.5, 0.6) is 17.2 Å². The second-order valence-electron chi connectivity index (χ2n) is 7.14. The lowest BCUT2D eigenvalue weighted by Crippen LogP contribution is -2.60. The van der Waals surface area contributed by atoms with Gasteiger partial charge in [-0.15, -0.1) is 0 Å². The van der Waals surface area contributed by atoms with Crippen LogP contribution in [0.15, 0.2) is 51.9 Å². The Morgan fingerprint density at radius 2 is 1.74 bits per heavy atom. The Morgan fingerprint density at radius 3 is 2.42 bits per heavy atom. The second kappa shape index (κ2) is 8.17. The standard InChI is InChI=1S/C21H20O10/c22-7-15-18(26)19(27)20(28)21(31-15)30-11-5-13(24)16-14(6-11)29-8-12(17(16)25)9-1-3-10(23)4-2-9/h1-6,8,15,18-24,26-28H,7H2/p-1/t15-,18-,19+,20-,21-/m1/s1. The summed E-state index contributed by atoms with van der Waals surface area (Å²) in [5, 5.41) is 60.8. The van der Waals surface area contributed by atoms with Crippen molar-refractivity contribution in [2.45, 2.75) is 30.7 Å². The van der Waals surface area contributed by atoms with E-state index in [2.05, 4.69) is 0 Å². The first kappa shape index (κ1) is 21.1. The van der Waals surface area contributed by atoms with Gasteiger partial charge in [0.05, 0.1) is 17.6 Å². The lowest BCUT2D eigenvalue weighted by Gasteiger charge is -2.39. The fourth-order valence-corrected chi connectivity index (χ4v) is 3.40. The molecule has 1 aliphatic heterocycles. The molecule has 31 heavy (non-hydrogen) atoms. The molecule has 2 heterocycles. The van der Waals surface area contributed by atoms with Crippen molar-refractivity contribution < 1.29 is 44.5 Å². The molecule has 1 fully saturated rings. The van der Waals surface area contributed by atoms with Gasteiger partial charge < -0.3 is 44.5 Å². The van der Waals surface area contributed by atoms with Gasteiger partial charge in [-0.3, -0.25) is 4.79 Å². The first-order chi connectivity index (χ1) is 14.8. The van der Waals surface area contributed by atoms with E-state index in [9.17, 15) is 35.4 Å². The van der Waals surface area contributed by atoms with E-state index < -0.39 is 48.5 Å². The Labute approximate surface area is 174 Å². The van der Waals surface area contributed by atoms with E-state index in [4.69, 9.17) is 13.9 Å². The molecule has 5 N–H and O–H groups in total. The predicted molar refractivity (Wildman–Crippen MR) is 103 cm³/mol. The topological polar surface area (TPSA) is 173 Å². The SMILES string of the molecule is O=c1c(-c2ccc(O)cc2)coc2cc(O[C@@H]3O[C@H](CO)[C@@H](O)[C@H](O)[C@H]3O)cc([O-])c12. The fraction of sp³-hybridized carbons (Fsp3) is 0.286. The van der Waals surface area contributed by atoms with E-state index in [0.717, 1.165) is 6.07 Å². The highest BCUT2D eigenvalue weighted by Gasteiger charge is 2.44. The number of hydrogen-bond acceptors (Lipinski definition) is 10. The average Bonchev–Trinajstić information content (AvgIpc) is 2.75. The molecule has 1 aliphatic rings. The van der Waals surface area contributed by atoms with Crippen molar-refractivity contribution in [2.75, 3.05) is 6.61 Å². The molecule has 0 bridgehead atoms. The van der Waals surface area contributed by atoms with Crippen LogP contribution in [-0.2, 0) is 4.74 Å². The second-order valence-corrected chi connectivity index (χ2v) is 7.14. The maximum absolute atomic E-state index is 12.8. The minimum Gasteiger partial charge on any atom is -0.872 e. The Hall–Kier alpha value is -3.15. The Bertz CT molecular complexity index is 1140. The van der Waals surface area contributed by atoms with Crippen molar-refractivity contribution >= 4 is 11.0 Å². The number of aliphatic hydroxyl groups excluding tert-OH is 4. The summed E-state index contributed by atoms with van der Waals surface area (Å²) in [6.45, 7) is -0.635. The number of aliphatic hydroxyl groups is 4. The number of aromatic hydroxyl groups is 1. The number of hydrogen-bond donors (Lipinski definition) is 5. The van der Waals surface area contributed by atoms with Crippen LogP contribution < -0.4 is 15.3 Å². The number of rotatable bonds is 4. The molecule has 2 aromatic carbocycles. The van der Waals surface area contributed by atoms with Crippen LogP contribution in [0.1, 0.15) is 0 Å². The van der Waals surface area contributed by atoms with Crippen molar-refractivity contribution in [3.8, 4) is 28.4 Å². The third kappa shape index (κ3) is 3.82. The first-order valence-corrected chi connectivity index (χ1v) is 9.33. The summed E-state index contributed by atoms with van der Waals surface area (Å²) in [5.74, 6) is -0.790.